The van der Waals surface area contributed by atoms with Gasteiger partial charge in [-0.1, -0.05) is 111 Å². The number of benzene rings is 9. The van der Waals surface area contributed by atoms with E-state index in [4.69, 9.17) is 18.3 Å². The van der Waals surface area contributed by atoms with Crippen LogP contribution in [0.15, 0.2) is 203 Å². The van der Waals surface area contributed by atoms with E-state index in [1.807, 2.05) is 36.4 Å². The zero-order valence-electron chi connectivity index (χ0n) is 34.5. The molecule has 6 nitrogen and oxygen atoms in total. The van der Waals surface area contributed by atoms with E-state index in [1.165, 1.54) is 22.3 Å². The first-order valence-corrected chi connectivity index (χ1v) is 21.3. The van der Waals surface area contributed by atoms with Gasteiger partial charge in [0, 0.05) is 74.0 Å². The molecule has 9 aromatic carbocycles. The summed E-state index contributed by atoms with van der Waals surface area (Å²) in [6, 6.07) is 67.4. The molecule has 2 aromatic heterocycles. The van der Waals surface area contributed by atoms with Crippen molar-refractivity contribution in [2.24, 2.45) is 0 Å². The molecule has 0 fully saturated rings. The molecule has 1 aliphatic carbocycles. The highest BCUT2D eigenvalue weighted by Crippen LogP contribution is 2.58. The van der Waals surface area contributed by atoms with E-state index in [1.54, 1.807) is 0 Å². The lowest BCUT2D eigenvalue weighted by molar-refractivity contribution is 0.359. The number of hydrogen-bond donors (Lipinski definition) is 0. The van der Waals surface area contributed by atoms with Gasteiger partial charge in [-0.25, -0.2) is 0 Å². The zero-order valence-corrected chi connectivity index (χ0v) is 34.5. The Balaban J connectivity index is 1.06. The van der Waals surface area contributed by atoms with Crippen LogP contribution in [0.25, 0.3) is 55.0 Å². The van der Waals surface area contributed by atoms with E-state index < -0.39 is 0 Å². The van der Waals surface area contributed by atoms with Crippen LogP contribution in [0.5, 0.6) is 23.0 Å². The normalized spacial score (nSPS) is 13.3. The average molecular weight is 815 g/mol. The lowest BCUT2D eigenvalue weighted by atomic mass is 9.82. The monoisotopic (exact) mass is 814 g/mol. The van der Waals surface area contributed by atoms with Crippen molar-refractivity contribution in [1.82, 2.24) is 0 Å². The smallest absolute Gasteiger partial charge is 0.172 e. The zero-order chi connectivity index (χ0) is 41.8. The quantitative estimate of drug-likeness (QED) is 0.167. The van der Waals surface area contributed by atoms with E-state index in [9.17, 15) is 0 Å². The van der Waals surface area contributed by atoms with Gasteiger partial charge in [0.05, 0.1) is 11.4 Å². The molecule has 0 unspecified atom stereocenters. The Morgan fingerprint density at radius 1 is 0.333 bits per heavy atom. The number of rotatable bonds is 6. The van der Waals surface area contributed by atoms with Gasteiger partial charge in [-0.15, -0.1) is 0 Å². The van der Waals surface area contributed by atoms with Gasteiger partial charge in [0.15, 0.2) is 23.0 Å². The van der Waals surface area contributed by atoms with Crippen molar-refractivity contribution in [3.63, 3.8) is 0 Å². The maximum atomic E-state index is 7.00. The Morgan fingerprint density at radius 2 is 0.778 bits per heavy atom. The van der Waals surface area contributed by atoms with Gasteiger partial charge in [0.2, 0.25) is 0 Å². The fourth-order valence-electron chi connectivity index (χ4n) is 9.88. The molecule has 300 valence electrons. The van der Waals surface area contributed by atoms with Crippen LogP contribution in [-0.4, -0.2) is 0 Å². The SMILES string of the molecule is CC1(C)c2ccccc2-c2cc3c(cc21)Oc1cc(N(c2ccccc2)c2ccc4c(c2)oc2ccccc24)c(N(c2ccccc2)c2ccc4c(c2)oc2ccccc24)cc1O3. The number of furan rings is 2. The van der Waals surface area contributed by atoms with Crippen LogP contribution in [-0.2, 0) is 5.41 Å². The van der Waals surface area contributed by atoms with Crippen molar-refractivity contribution >= 4 is 78.0 Å². The standard InChI is InChI=1S/C57H38N2O4/c1-57(2)45-22-12-9-19-39(45)44-31-53-54(32-46(44)57)63-56-34-48(59(36-17-7-4-8-18-36)38-26-28-43-41-21-11-14-24-50(41)61-52(43)30-38)47(33-55(56)62-53)58(35-15-5-3-6-16-35)37-25-27-42-40-20-10-13-23-49(40)60-51(42)29-37/h3-34H,1-2H3. The van der Waals surface area contributed by atoms with Crippen molar-refractivity contribution in [3.05, 3.63) is 205 Å². The summed E-state index contributed by atoms with van der Waals surface area (Å²) in [6.07, 6.45) is 0. The van der Waals surface area contributed by atoms with Crippen molar-refractivity contribution < 1.29 is 18.3 Å². The number of fused-ring (bicyclic) bond motifs is 11. The van der Waals surface area contributed by atoms with Crippen LogP contribution >= 0.6 is 0 Å². The molecule has 6 heteroatoms. The van der Waals surface area contributed by atoms with Crippen LogP contribution in [0.3, 0.4) is 0 Å². The minimum atomic E-state index is -0.198. The first kappa shape index (κ1) is 35.5. The molecular formula is C57H38N2O4. The van der Waals surface area contributed by atoms with Gasteiger partial charge >= 0.3 is 0 Å². The Hall–Kier alpha value is -8.22. The summed E-state index contributed by atoms with van der Waals surface area (Å²) in [5.41, 5.74) is 13.5. The second-order valence-corrected chi connectivity index (χ2v) is 16.9. The number of ether oxygens (including phenoxy) is 2. The van der Waals surface area contributed by atoms with Gasteiger partial charge in [0.25, 0.3) is 0 Å². The molecule has 0 spiro atoms. The van der Waals surface area contributed by atoms with E-state index in [0.29, 0.717) is 23.0 Å². The van der Waals surface area contributed by atoms with Crippen molar-refractivity contribution in [2.45, 2.75) is 19.3 Å². The topological polar surface area (TPSA) is 51.2 Å². The summed E-state index contributed by atoms with van der Waals surface area (Å²) < 4.78 is 27.0. The lowest BCUT2D eigenvalue weighted by Gasteiger charge is -2.34. The van der Waals surface area contributed by atoms with Crippen LogP contribution in [0.2, 0.25) is 0 Å². The fraction of sp³-hybridized carbons (Fsp3) is 0.0526. The lowest BCUT2D eigenvalue weighted by Crippen LogP contribution is -2.18. The van der Waals surface area contributed by atoms with Crippen LogP contribution < -0.4 is 19.3 Å². The van der Waals surface area contributed by atoms with Crippen LogP contribution in [0.4, 0.5) is 34.1 Å². The predicted octanol–water partition coefficient (Wildman–Crippen LogP) is 16.6. The van der Waals surface area contributed by atoms with E-state index in [0.717, 1.165) is 78.0 Å². The van der Waals surface area contributed by atoms with E-state index >= 15 is 0 Å². The molecule has 0 N–H and O–H groups in total. The third-order valence-electron chi connectivity index (χ3n) is 12.9. The summed E-state index contributed by atoms with van der Waals surface area (Å²) in [4.78, 5) is 4.55. The van der Waals surface area contributed by atoms with Crippen LogP contribution in [0, 0.1) is 0 Å². The van der Waals surface area contributed by atoms with Gasteiger partial charge in [-0.3, -0.25) is 0 Å². The summed E-state index contributed by atoms with van der Waals surface area (Å²) >= 11 is 0. The third-order valence-corrected chi connectivity index (χ3v) is 12.9. The maximum absolute atomic E-state index is 7.00. The van der Waals surface area contributed by atoms with E-state index in [-0.39, 0.29) is 5.41 Å². The summed E-state index contributed by atoms with van der Waals surface area (Å²) in [5.74, 6) is 2.59. The highest BCUT2D eigenvalue weighted by molar-refractivity contribution is 6.08. The Bertz CT molecular complexity index is 3620. The second kappa shape index (κ2) is 13.4. The molecule has 0 bridgehead atoms. The second-order valence-electron chi connectivity index (χ2n) is 16.9. The van der Waals surface area contributed by atoms with Gasteiger partial charge < -0.3 is 28.1 Å². The molecule has 0 radical (unpaired) electrons. The maximum Gasteiger partial charge on any atom is 0.172 e. The van der Waals surface area contributed by atoms with Crippen LogP contribution in [0.1, 0.15) is 25.0 Å². The molecule has 0 saturated carbocycles. The molecule has 13 rings (SSSR count). The molecule has 2 aliphatic rings. The number of nitrogens with zero attached hydrogens (tertiary/aromatic N) is 2. The fourth-order valence-corrected chi connectivity index (χ4v) is 9.88. The Morgan fingerprint density at radius 3 is 1.33 bits per heavy atom. The van der Waals surface area contributed by atoms with Gasteiger partial charge in [-0.2, -0.15) is 0 Å². The molecular weight excluding hydrogens is 777 g/mol. The first-order valence-electron chi connectivity index (χ1n) is 21.3. The molecule has 0 saturated heterocycles. The van der Waals surface area contributed by atoms with Crippen molar-refractivity contribution in [1.29, 1.82) is 0 Å². The Kier molecular flexibility index (Phi) is 7.55. The van der Waals surface area contributed by atoms with Crippen molar-refractivity contribution in [3.8, 4) is 34.1 Å². The van der Waals surface area contributed by atoms with E-state index in [2.05, 4.69) is 181 Å². The largest absolute Gasteiger partial charge is 0.456 e. The minimum Gasteiger partial charge on any atom is -0.456 e. The molecule has 63 heavy (non-hydrogen) atoms. The molecule has 3 heterocycles. The van der Waals surface area contributed by atoms with Crippen molar-refractivity contribution in [2.75, 3.05) is 9.80 Å². The highest BCUT2D eigenvalue weighted by atomic mass is 16.6. The highest BCUT2D eigenvalue weighted by Gasteiger charge is 2.38. The number of anilines is 6. The molecule has 1 aliphatic heterocycles. The Labute approximate surface area is 363 Å². The van der Waals surface area contributed by atoms with Gasteiger partial charge in [0.1, 0.15) is 22.3 Å². The predicted molar refractivity (Wildman–Crippen MR) is 255 cm³/mol. The summed E-state index contributed by atoms with van der Waals surface area (Å²) in [7, 11) is 0. The van der Waals surface area contributed by atoms with Gasteiger partial charge in [-0.05, 0) is 95.1 Å². The molecule has 11 aromatic rings. The first-order chi connectivity index (χ1) is 31.0. The molecule has 0 atom stereocenters. The number of hydrogen-bond acceptors (Lipinski definition) is 6. The summed E-state index contributed by atoms with van der Waals surface area (Å²) in [6.45, 7) is 4.56. The minimum absolute atomic E-state index is 0.198. The third kappa shape index (κ3) is 5.44. The summed E-state index contributed by atoms with van der Waals surface area (Å²) in [5, 5.41) is 4.28. The average Bonchev–Trinajstić information content (AvgIpc) is 3.95. The number of para-hydroxylation sites is 4. The molecule has 0 amide bonds.